The van der Waals surface area contributed by atoms with Crippen molar-refractivity contribution in [1.29, 1.82) is 0 Å². The van der Waals surface area contributed by atoms with Crippen molar-refractivity contribution in [3.63, 3.8) is 0 Å². The highest BCUT2D eigenvalue weighted by atomic mass is 35.5. The van der Waals surface area contributed by atoms with Gasteiger partial charge in [0.25, 0.3) is 11.6 Å². The van der Waals surface area contributed by atoms with E-state index in [1.165, 1.54) is 0 Å². The minimum atomic E-state index is -1.34. The Morgan fingerprint density at radius 1 is 1.29 bits per heavy atom. The second kappa shape index (κ2) is 4.06. The van der Waals surface area contributed by atoms with Crippen molar-refractivity contribution in [2.45, 2.75) is 0 Å². The van der Waals surface area contributed by atoms with Gasteiger partial charge in [-0.2, -0.15) is 0 Å². The zero-order chi connectivity index (χ0) is 12.6. The van der Waals surface area contributed by atoms with E-state index in [2.05, 4.69) is 10.2 Å². The maximum atomic E-state index is 13.0. The summed E-state index contributed by atoms with van der Waals surface area (Å²) in [6, 6.07) is 1.03. The molecule has 2 rings (SSSR count). The van der Waals surface area contributed by atoms with Gasteiger partial charge < -0.3 is 4.42 Å². The Hall–Kier alpha value is -2.09. The van der Waals surface area contributed by atoms with Crippen molar-refractivity contribution < 1.29 is 18.1 Å². The molecule has 0 aliphatic carbocycles. The predicted octanol–water partition coefficient (Wildman–Crippen LogP) is 2.58. The molecule has 0 saturated heterocycles. The average Bonchev–Trinajstić information content (AvgIpc) is 2.68. The maximum absolute atomic E-state index is 13.0. The fourth-order valence-corrected chi connectivity index (χ4v) is 1.28. The Morgan fingerprint density at radius 3 is 2.47 bits per heavy atom. The van der Waals surface area contributed by atoms with Crippen LogP contribution in [0.15, 0.2) is 16.5 Å². The molecule has 0 amide bonds. The first-order valence-electron chi connectivity index (χ1n) is 4.12. The molecule has 2 aromatic rings. The molecule has 0 radical (unpaired) electrons. The van der Waals surface area contributed by atoms with Crippen LogP contribution in [-0.4, -0.2) is 15.1 Å². The second-order valence-corrected chi connectivity index (χ2v) is 3.22. The molecule has 17 heavy (non-hydrogen) atoms. The Balaban J connectivity index is 2.67. The Bertz CT molecular complexity index is 602. The van der Waals surface area contributed by atoms with Crippen LogP contribution in [-0.2, 0) is 0 Å². The van der Waals surface area contributed by atoms with Crippen LogP contribution in [0, 0.1) is 21.7 Å². The van der Waals surface area contributed by atoms with Crippen LogP contribution in [0.2, 0.25) is 5.35 Å². The smallest absolute Gasteiger partial charge is 0.313 e. The number of halogens is 3. The lowest BCUT2D eigenvalue weighted by Crippen LogP contribution is -1.96. The third-order valence-corrected chi connectivity index (χ3v) is 2.02. The van der Waals surface area contributed by atoms with Gasteiger partial charge >= 0.3 is 5.35 Å². The number of aromatic nitrogens is 2. The fourth-order valence-electron chi connectivity index (χ4n) is 1.17. The summed E-state index contributed by atoms with van der Waals surface area (Å²) in [5.74, 6) is -2.97. The minimum absolute atomic E-state index is 0.340. The highest BCUT2D eigenvalue weighted by Crippen LogP contribution is 2.31. The van der Waals surface area contributed by atoms with Crippen LogP contribution in [0.4, 0.5) is 14.5 Å². The third kappa shape index (κ3) is 2.07. The molecule has 0 spiro atoms. The van der Waals surface area contributed by atoms with Crippen molar-refractivity contribution in [2.24, 2.45) is 0 Å². The van der Waals surface area contributed by atoms with E-state index in [4.69, 9.17) is 16.0 Å². The Kier molecular flexibility index (Phi) is 2.72. The number of hydrogen-bond donors (Lipinski definition) is 0. The second-order valence-electron chi connectivity index (χ2n) is 2.90. The molecule has 1 aromatic carbocycles. The summed E-state index contributed by atoms with van der Waals surface area (Å²) in [7, 11) is 0. The van der Waals surface area contributed by atoms with Crippen LogP contribution in [0.1, 0.15) is 0 Å². The molecule has 88 valence electrons. The van der Waals surface area contributed by atoms with E-state index in [9.17, 15) is 18.9 Å². The van der Waals surface area contributed by atoms with Gasteiger partial charge in [0.15, 0.2) is 11.6 Å². The molecule has 0 aliphatic heterocycles. The SMILES string of the molecule is O=[N+]([O-])c1cc(F)c(F)cc1-c1nnc(Cl)o1. The van der Waals surface area contributed by atoms with E-state index in [1.54, 1.807) is 0 Å². The monoisotopic (exact) mass is 261 g/mol. The van der Waals surface area contributed by atoms with Gasteiger partial charge in [-0.25, -0.2) is 8.78 Å². The van der Waals surface area contributed by atoms with Crippen LogP contribution in [0.25, 0.3) is 11.5 Å². The van der Waals surface area contributed by atoms with Gasteiger partial charge in [-0.15, -0.1) is 5.10 Å². The molecule has 0 saturated carbocycles. The van der Waals surface area contributed by atoms with Gasteiger partial charge in [-0.3, -0.25) is 10.1 Å². The highest BCUT2D eigenvalue weighted by Gasteiger charge is 2.23. The first kappa shape index (κ1) is 11.4. The van der Waals surface area contributed by atoms with E-state index in [-0.39, 0.29) is 16.8 Å². The van der Waals surface area contributed by atoms with Gasteiger partial charge in [0, 0.05) is 0 Å². The molecule has 0 fully saturated rings. The number of nitro groups is 1. The molecule has 0 atom stereocenters. The molecule has 0 aliphatic rings. The molecular formula is C8H2ClF2N3O3. The van der Waals surface area contributed by atoms with E-state index >= 15 is 0 Å². The molecule has 0 unspecified atom stereocenters. The molecule has 1 heterocycles. The summed E-state index contributed by atoms with van der Waals surface area (Å²) in [4.78, 5) is 9.77. The summed E-state index contributed by atoms with van der Waals surface area (Å²) in [5.41, 5.74) is -1.03. The van der Waals surface area contributed by atoms with Crippen LogP contribution in [0.3, 0.4) is 0 Å². The van der Waals surface area contributed by atoms with Gasteiger partial charge in [0.2, 0.25) is 0 Å². The minimum Gasteiger partial charge on any atom is -0.407 e. The zero-order valence-corrected chi connectivity index (χ0v) is 8.61. The summed E-state index contributed by atoms with van der Waals surface area (Å²) in [5, 5.41) is 16.9. The van der Waals surface area contributed by atoms with E-state index < -0.39 is 22.2 Å². The topological polar surface area (TPSA) is 82.1 Å². The molecule has 9 heteroatoms. The maximum Gasteiger partial charge on any atom is 0.313 e. The third-order valence-electron chi connectivity index (χ3n) is 1.87. The number of rotatable bonds is 2. The molecule has 6 nitrogen and oxygen atoms in total. The van der Waals surface area contributed by atoms with Crippen molar-refractivity contribution in [3.05, 3.63) is 39.2 Å². The molecule has 0 N–H and O–H groups in total. The molecular weight excluding hydrogens is 260 g/mol. The first-order valence-corrected chi connectivity index (χ1v) is 4.49. The normalized spacial score (nSPS) is 10.5. The average molecular weight is 262 g/mol. The molecule has 0 bridgehead atoms. The number of hydrogen-bond acceptors (Lipinski definition) is 5. The predicted molar refractivity (Wildman–Crippen MR) is 51.3 cm³/mol. The molecule has 1 aromatic heterocycles. The van der Waals surface area contributed by atoms with E-state index in [1.807, 2.05) is 0 Å². The van der Waals surface area contributed by atoms with Gasteiger partial charge in [0.1, 0.15) is 5.56 Å². The van der Waals surface area contributed by atoms with E-state index in [0.29, 0.717) is 12.1 Å². The fraction of sp³-hybridized carbons (Fsp3) is 0. The van der Waals surface area contributed by atoms with Crippen molar-refractivity contribution in [1.82, 2.24) is 10.2 Å². The lowest BCUT2D eigenvalue weighted by atomic mass is 10.1. The van der Waals surface area contributed by atoms with Crippen molar-refractivity contribution in [3.8, 4) is 11.5 Å². The Morgan fingerprint density at radius 2 is 1.94 bits per heavy atom. The summed E-state index contributed by atoms with van der Waals surface area (Å²) in [6.45, 7) is 0. The number of benzene rings is 1. The quantitative estimate of drug-likeness (QED) is 0.613. The standard InChI is InChI=1S/C8H2ClF2N3O3/c9-8-13-12-7(17-8)3-1-4(10)5(11)2-6(3)14(15)16/h1-2H. The van der Waals surface area contributed by atoms with Gasteiger partial charge in [-0.05, 0) is 17.7 Å². The van der Waals surface area contributed by atoms with Crippen molar-refractivity contribution in [2.75, 3.05) is 0 Å². The van der Waals surface area contributed by atoms with Crippen LogP contribution < -0.4 is 0 Å². The highest BCUT2D eigenvalue weighted by molar-refractivity contribution is 6.27. The summed E-state index contributed by atoms with van der Waals surface area (Å²) in [6.07, 6.45) is 0. The van der Waals surface area contributed by atoms with Crippen LogP contribution in [0.5, 0.6) is 0 Å². The largest absolute Gasteiger partial charge is 0.407 e. The lowest BCUT2D eigenvalue weighted by molar-refractivity contribution is -0.384. The summed E-state index contributed by atoms with van der Waals surface area (Å²) >= 11 is 5.34. The van der Waals surface area contributed by atoms with Gasteiger partial charge in [-0.1, -0.05) is 5.10 Å². The van der Waals surface area contributed by atoms with Crippen molar-refractivity contribution >= 4 is 17.3 Å². The summed E-state index contributed by atoms with van der Waals surface area (Å²) < 4.78 is 30.6. The number of nitro benzene ring substituents is 1. The van der Waals surface area contributed by atoms with E-state index in [0.717, 1.165) is 0 Å². The lowest BCUT2D eigenvalue weighted by Gasteiger charge is -1.99. The Labute approximate surface area is 97.0 Å². The van der Waals surface area contributed by atoms with Gasteiger partial charge in [0.05, 0.1) is 11.0 Å². The van der Waals surface area contributed by atoms with Crippen LogP contribution >= 0.6 is 11.6 Å². The zero-order valence-electron chi connectivity index (χ0n) is 7.85. The first-order chi connectivity index (χ1) is 7.99. The number of nitrogens with zero attached hydrogens (tertiary/aromatic N) is 3.